The van der Waals surface area contributed by atoms with Crippen molar-refractivity contribution in [3.63, 3.8) is 0 Å². The highest BCUT2D eigenvalue weighted by atomic mass is 19.1. The molecule has 40 heavy (non-hydrogen) atoms. The van der Waals surface area contributed by atoms with Gasteiger partial charge in [0.05, 0.1) is 17.4 Å². The molecule has 2 aromatic carbocycles. The average molecular weight is 547 g/mol. The summed E-state index contributed by atoms with van der Waals surface area (Å²) in [7, 11) is 0. The van der Waals surface area contributed by atoms with Gasteiger partial charge in [-0.25, -0.2) is 24.1 Å². The molecule has 1 aliphatic heterocycles. The number of hydrogen-bond acceptors (Lipinski definition) is 8. The first-order chi connectivity index (χ1) is 19.4. The molecular weight excluding hydrogens is 515 g/mol. The molecule has 0 radical (unpaired) electrons. The highest BCUT2D eigenvalue weighted by Crippen LogP contribution is 2.38. The van der Waals surface area contributed by atoms with Gasteiger partial charge in [-0.15, -0.1) is 0 Å². The molecule has 10 nitrogen and oxygen atoms in total. The number of benzene rings is 2. The molecule has 1 saturated heterocycles. The van der Waals surface area contributed by atoms with Crippen LogP contribution in [-0.4, -0.2) is 74.6 Å². The molecule has 5 rings (SSSR count). The van der Waals surface area contributed by atoms with Gasteiger partial charge in [-0.3, -0.25) is 0 Å². The van der Waals surface area contributed by atoms with Crippen LogP contribution < -0.4 is 15.4 Å². The third kappa shape index (κ3) is 6.04. The van der Waals surface area contributed by atoms with Crippen LogP contribution in [0.15, 0.2) is 60.9 Å². The molecule has 0 saturated carbocycles. The quantitative estimate of drug-likeness (QED) is 0.227. The van der Waals surface area contributed by atoms with Gasteiger partial charge in [-0.1, -0.05) is 24.3 Å². The predicted molar refractivity (Wildman–Crippen MR) is 151 cm³/mol. The minimum atomic E-state index is -1.09. The van der Waals surface area contributed by atoms with Crippen molar-refractivity contribution in [1.82, 2.24) is 19.9 Å². The highest BCUT2D eigenvalue weighted by Gasteiger charge is 2.24. The number of aliphatic hydroxyl groups is 1. The van der Waals surface area contributed by atoms with Gasteiger partial charge in [0.25, 0.3) is 0 Å². The number of carboxylic acid groups (broad SMARTS) is 1. The van der Waals surface area contributed by atoms with E-state index in [9.17, 15) is 19.4 Å². The molecule has 1 aliphatic rings. The number of ether oxygens (including phenoxy) is 1. The van der Waals surface area contributed by atoms with Crippen LogP contribution in [0.5, 0.6) is 11.6 Å². The van der Waals surface area contributed by atoms with Crippen molar-refractivity contribution < 1.29 is 24.1 Å². The lowest BCUT2D eigenvalue weighted by molar-refractivity contribution is 0.132. The predicted octanol–water partition coefficient (Wildman–Crippen LogP) is 5.09. The second-order valence-electron chi connectivity index (χ2n) is 9.74. The van der Waals surface area contributed by atoms with E-state index < -0.39 is 18.9 Å². The maximum absolute atomic E-state index is 12.8. The van der Waals surface area contributed by atoms with E-state index >= 15 is 0 Å². The van der Waals surface area contributed by atoms with Gasteiger partial charge in [-0.05, 0) is 49.6 Å². The third-order valence-electron chi connectivity index (χ3n) is 6.84. The lowest BCUT2D eigenvalue weighted by Crippen LogP contribution is -2.44. The number of amides is 1. The number of halogens is 1. The van der Waals surface area contributed by atoms with Crippen molar-refractivity contribution in [3.8, 4) is 22.9 Å². The maximum atomic E-state index is 12.8. The summed E-state index contributed by atoms with van der Waals surface area (Å²) in [5.74, 6) is 1.39. The summed E-state index contributed by atoms with van der Waals surface area (Å²) >= 11 is 0. The number of alkyl halides is 1. The number of hydrogen-bond donors (Lipinski definition) is 4. The van der Waals surface area contributed by atoms with Crippen LogP contribution in [0.1, 0.15) is 18.4 Å². The van der Waals surface area contributed by atoms with E-state index in [4.69, 9.17) is 4.74 Å². The Kier molecular flexibility index (Phi) is 8.20. The van der Waals surface area contributed by atoms with Gasteiger partial charge in [0.15, 0.2) is 0 Å². The van der Waals surface area contributed by atoms with Crippen molar-refractivity contribution in [3.05, 3.63) is 66.5 Å². The van der Waals surface area contributed by atoms with Crippen LogP contribution in [-0.2, 0) is 0 Å². The number of anilines is 2. The molecule has 0 aliphatic carbocycles. The lowest BCUT2D eigenvalue weighted by atomic mass is 10.0. The number of fused-ring (bicyclic) bond motifs is 1. The number of carbonyl (C=O) groups is 1. The Hall–Kier alpha value is -4.51. The zero-order valence-corrected chi connectivity index (χ0v) is 22.0. The zero-order valence-electron chi connectivity index (χ0n) is 22.0. The molecular formula is C29H31FN6O4. The van der Waals surface area contributed by atoms with Crippen LogP contribution in [0.25, 0.3) is 22.0 Å². The van der Waals surface area contributed by atoms with Gasteiger partial charge in [0.1, 0.15) is 12.4 Å². The summed E-state index contributed by atoms with van der Waals surface area (Å²) < 4.78 is 19.2. The van der Waals surface area contributed by atoms with E-state index in [2.05, 4.69) is 25.6 Å². The summed E-state index contributed by atoms with van der Waals surface area (Å²) in [6.45, 7) is 2.10. The first-order valence-corrected chi connectivity index (χ1v) is 13.1. The second-order valence-corrected chi connectivity index (χ2v) is 9.74. The topological polar surface area (TPSA) is 133 Å². The number of pyridine rings is 1. The van der Waals surface area contributed by atoms with Crippen molar-refractivity contribution >= 4 is 28.5 Å². The van der Waals surface area contributed by atoms with Crippen LogP contribution in [0.4, 0.5) is 20.8 Å². The Morgan fingerprint density at radius 3 is 2.85 bits per heavy atom. The molecule has 11 heteroatoms. The van der Waals surface area contributed by atoms with E-state index in [1.54, 1.807) is 24.5 Å². The van der Waals surface area contributed by atoms with E-state index in [1.807, 2.05) is 43.3 Å². The number of aryl methyl sites for hydroxylation is 1. The van der Waals surface area contributed by atoms with Gasteiger partial charge < -0.3 is 30.5 Å². The van der Waals surface area contributed by atoms with Gasteiger partial charge >= 0.3 is 6.09 Å². The SMILES string of the molecule is Cc1ccc2c(NC[C@@H](O)CF)cccc2c1Oc1ncccc1-c1ccnc(N[C@H]2CCCN(C(=O)O)C2)n1. The summed E-state index contributed by atoms with van der Waals surface area (Å²) in [5.41, 5.74) is 2.93. The van der Waals surface area contributed by atoms with Crippen molar-refractivity contribution in [1.29, 1.82) is 0 Å². The molecule has 2 atom stereocenters. The Labute approximate surface area is 230 Å². The highest BCUT2D eigenvalue weighted by molar-refractivity contribution is 5.98. The monoisotopic (exact) mass is 546 g/mol. The average Bonchev–Trinajstić information content (AvgIpc) is 2.97. The summed E-state index contributed by atoms with van der Waals surface area (Å²) in [6.07, 6.45) is 2.86. The molecule has 1 amide bonds. The van der Waals surface area contributed by atoms with E-state index in [-0.39, 0.29) is 12.6 Å². The second kappa shape index (κ2) is 12.1. The van der Waals surface area contributed by atoms with E-state index in [0.717, 1.165) is 34.9 Å². The van der Waals surface area contributed by atoms with Crippen LogP contribution >= 0.6 is 0 Å². The van der Waals surface area contributed by atoms with E-state index in [0.29, 0.717) is 41.9 Å². The molecule has 0 unspecified atom stereocenters. The zero-order chi connectivity index (χ0) is 28.1. The first kappa shape index (κ1) is 27.1. The third-order valence-corrected chi connectivity index (χ3v) is 6.84. The largest absolute Gasteiger partial charge is 0.465 e. The number of likely N-dealkylation sites (tertiary alicyclic amines) is 1. The minimum absolute atomic E-state index is 0.0862. The van der Waals surface area contributed by atoms with Crippen LogP contribution in [0, 0.1) is 6.92 Å². The van der Waals surface area contributed by atoms with Crippen LogP contribution in [0.2, 0.25) is 0 Å². The van der Waals surface area contributed by atoms with E-state index in [1.165, 1.54) is 4.90 Å². The van der Waals surface area contributed by atoms with Gasteiger partial charge in [0.2, 0.25) is 11.8 Å². The molecule has 4 N–H and O–H groups in total. The summed E-state index contributed by atoms with van der Waals surface area (Å²) in [4.78, 5) is 26.3. The van der Waals surface area contributed by atoms with Crippen molar-refractivity contribution in [2.24, 2.45) is 0 Å². The fourth-order valence-corrected chi connectivity index (χ4v) is 4.80. The Balaban J connectivity index is 1.42. The maximum Gasteiger partial charge on any atom is 0.407 e. The summed E-state index contributed by atoms with van der Waals surface area (Å²) in [5, 5.41) is 27.1. The number of rotatable bonds is 9. The fourth-order valence-electron chi connectivity index (χ4n) is 4.80. The number of nitrogens with zero attached hydrogens (tertiary/aromatic N) is 4. The molecule has 0 spiro atoms. The molecule has 208 valence electrons. The number of piperidine rings is 1. The smallest absolute Gasteiger partial charge is 0.407 e. The van der Waals surface area contributed by atoms with Crippen molar-refractivity contribution in [2.45, 2.75) is 31.9 Å². The fraction of sp³-hybridized carbons (Fsp3) is 0.310. The number of aromatic nitrogens is 3. The normalized spacial score (nSPS) is 16.0. The Bertz CT molecular complexity index is 1500. The first-order valence-electron chi connectivity index (χ1n) is 13.1. The number of nitrogens with one attached hydrogen (secondary N) is 2. The van der Waals surface area contributed by atoms with Crippen LogP contribution in [0.3, 0.4) is 0 Å². The Morgan fingerprint density at radius 2 is 2.02 bits per heavy atom. The molecule has 1 fully saturated rings. The van der Waals surface area contributed by atoms with Crippen molar-refractivity contribution in [2.75, 3.05) is 36.9 Å². The lowest BCUT2D eigenvalue weighted by Gasteiger charge is -2.31. The van der Waals surface area contributed by atoms with Gasteiger partial charge in [-0.2, -0.15) is 0 Å². The number of aliphatic hydroxyl groups excluding tert-OH is 1. The summed E-state index contributed by atoms with van der Waals surface area (Å²) in [6, 6.07) is 14.9. The Morgan fingerprint density at radius 1 is 1.15 bits per heavy atom. The van der Waals surface area contributed by atoms with Gasteiger partial charge in [0, 0.05) is 54.5 Å². The molecule has 2 aromatic heterocycles. The minimum Gasteiger partial charge on any atom is -0.465 e. The molecule has 0 bridgehead atoms. The standard InChI is InChI=1S/C29H31FN6O4/c1-18-9-10-21-22(6-2-8-24(21)33-16-20(37)15-30)26(18)40-27-23(7-3-12-31-27)25-11-13-32-28(35-25)34-19-5-4-14-36(17-19)29(38)39/h2-3,6-13,19-20,33,37H,4-5,14-17H2,1H3,(H,38,39)(H,32,34,35)/t19-,20-/m0/s1. The molecule has 4 aromatic rings. The molecule has 3 heterocycles.